The van der Waals surface area contributed by atoms with Gasteiger partial charge < -0.3 is 0 Å². The molecule has 0 saturated carbocycles. The van der Waals surface area contributed by atoms with Gasteiger partial charge in [0.05, 0.1) is 4.92 Å². The molecule has 3 nitrogen and oxygen atoms in total. The van der Waals surface area contributed by atoms with E-state index in [1.807, 2.05) is 0 Å². The number of nitrogens with zero attached hydrogens (tertiary/aromatic N) is 1. The summed E-state index contributed by atoms with van der Waals surface area (Å²) >= 11 is 5.32. The van der Waals surface area contributed by atoms with Gasteiger partial charge in [-0.25, -0.2) is 0 Å². The van der Waals surface area contributed by atoms with E-state index in [4.69, 9.17) is 11.6 Å². The van der Waals surface area contributed by atoms with E-state index in [-0.39, 0.29) is 5.69 Å². The van der Waals surface area contributed by atoms with Gasteiger partial charge in [-0.2, -0.15) is 0 Å². The number of hydrogen-bond acceptors (Lipinski definition) is 2. The van der Waals surface area contributed by atoms with Crippen LogP contribution in [0, 0.1) is 10.1 Å². The van der Waals surface area contributed by atoms with Gasteiger partial charge in [0.2, 0.25) is 0 Å². The third-order valence-corrected chi connectivity index (χ3v) is 1.46. The molecule has 0 aliphatic heterocycles. The number of halogens is 1. The van der Waals surface area contributed by atoms with E-state index >= 15 is 0 Å². The fourth-order valence-corrected chi connectivity index (χ4v) is 0.960. The predicted molar refractivity (Wildman–Crippen MR) is 48.0 cm³/mol. The van der Waals surface area contributed by atoms with Crippen molar-refractivity contribution in [3.05, 3.63) is 45.5 Å². The molecule has 62 valence electrons. The largest absolute Gasteiger partial charge is 0.270 e. The molecule has 0 unspecified atom stereocenters. The quantitative estimate of drug-likeness (QED) is 0.523. The van der Waals surface area contributed by atoms with Crippen LogP contribution >= 0.6 is 11.6 Å². The summed E-state index contributed by atoms with van der Waals surface area (Å²) in [7, 11) is 0. The lowest BCUT2D eigenvalue weighted by atomic mass is 10.2. The normalized spacial score (nSPS) is 10.4. The summed E-state index contributed by atoms with van der Waals surface area (Å²) in [6, 6.07) is 6.25. The molecule has 1 rings (SSSR count). The van der Waals surface area contributed by atoms with Crippen LogP contribution in [0.3, 0.4) is 0 Å². The third kappa shape index (κ3) is 2.07. The molecule has 4 heteroatoms. The summed E-state index contributed by atoms with van der Waals surface area (Å²) in [5.41, 5.74) is 2.11. The zero-order valence-electron chi connectivity index (χ0n) is 6.11. The van der Waals surface area contributed by atoms with Crippen molar-refractivity contribution in [3.8, 4) is 0 Å². The zero-order valence-corrected chi connectivity index (χ0v) is 6.86. The van der Waals surface area contributed by atoms with Crippen LogP contribution in [-0.2, 0) is 0 Å². The maximum atomic E-state index is 10.3. The molecular weight excluding hydrogens is 178 g/mol. The fourth-order valence-electron chi connectivity index (χ4n) is 0.815. The van der Waals surface area contributed by atoms with Crippen molar-refractivity contribution in [1.82, 2.24) is 0 Å². The number of benzene rings is 1. The standard InChI is InChI=1S/C8H6ClNO2/c9-5-4-7-2-1-3-8(6-7)10(11)12/h1-6H/b5-4+. The Morgan fingerprint density at radius 2 is 2.25 bits per heavy atom. The molecule has 0 heterocycles. The summed E-state index contributed by atoms with van der Waals surface area (Å²) in [5, 5.41) is 10.3. The molecule has 0 aliphatic rings. The SMILES string of the molecule is O=[N+]([O-])c1cccc(/C=C/Cl)c1. The average Bonchev–Trinajstić information content (AvgIpc) is 2.05. The van der Waals surface area contributed by atoms with Gasteiger partial charge >= 0.3 is 0 Å². The van der Waals surface area contributed by atoms with Crippen LogP contribution in [0.5, 0.6) is 0 Å². The number of nitro benzene ring substituents is 1. The second-order valence-electron chi connectivity index (χ2n) is 2.14. The highest BCUT2D eigenvalue weighted by atomic mass is 35.5. The van der Waals surface area contributed by atoms with Crippen LogP contribution in [-0.4, -0.2) is 4.92 Å². The first-order chi connectivity index (χ1) is 5.74. The molecule has 0 saturated heterocycles. The zero-order chi connectivity index (χ0) is 8.97. The minimum absolute atomic E-state index is 0.0715. The molecule has 0 aliphatic carbocycles. The van der Waals surface area contributed by atoms with Gasteiger partial charge in [-0.05, 0) is 11.6 Å². The summed E-state index contributed by atoms with van der Waals surface area (Å²) < 4.78 is 0. The maximum Gasteiger partial charge on any atom is 0.270 e. The monoisotopic (exact) mass is 183 g/mol. The van der Waals surface area contributed by atoms with E-state index in [1.54, 1.807) is 18.2 Å². The maximum absolute atomic E-state index is 10.3. The highest BCUT2D eigenvalue weighted by Crippen LogP contribution is 2.14. The Balaban J connectivity index is 3.03. The van der Waals surface area contributed by atoms with Crippen molar-refractivity contribution < 1.29 is 4.92 Å². The topological polar surface area (TPSA) is 43.1 Å². The molecule has 0 atom stereocenters. The lowest BCUT2D eigenvalue weighted by Gasteiger charge is -1.92. The Hall–Kier alpha value is -1.35. The third-order valence-electron chi connectivity index (χ3n) is 1.34. The first-order valence-corrected chi connectivity index (χ1v) is 3.69. The molecule has 0 aromatic heterocycles. The average molecular weight is 184 g/mol. The Bertz CT molecular complexity index is 323. The van der Waals surface area contributed by atoms with Crippen molar-refractivity contribution in [1.29, 1.82) is 0 Å². The summed E-state index contributed by atoms with van der Waals surface area (Å²) in [6.07, 6.45) is 1.59. The summed E-state index contributed by atoms with van der Waals surface area (Å²) in [4.78, 5) is 9.87. The number of non-ortho nitro benzene ring substituents is 1. The predicted octanol–water partition coefficient (Wildman–Crippen LogP) is 2.80. The Morgan fingerprint density at radius 3 is 2.83 bits per heavy atom. The van der Waals surface area contributed by atoms with E-state index in [9.17, 15) is 10.1 Å². The second kappa shape index (κ2) is 3.88. The fraction of sp³-hybridized carbons (Fsp3) is 0. The van der Waals surface area contributed by atoms with Gasteiger partial charge in [0.25, 0.3) is 5.69 Å². The molecule has 0 spiro atoms. The van der Waals surface area contributed by atoms with E-state index in [0.717, 1.165) is 5.56 Å². The van der Waals surface area contributed by atoms with E-state index in [1.165, 1.54) is 17.7 Å². The molecule has 0 N–H and O–H groups in total. The first kappa shape index (κ1) is 8.74. The molecule has 0 fully saturated rings. The minimum Gasteiger partial charge on any atom is -0.258 e. The van der Waals surface area contributed by atoms with Crippen molar-refractivity contribution >= 4 is 23.4 Å². The van der Waals surface area contributed by atoms with Crippen LogP contribution in [0.1, 0.15) is 5.56 Å². The lowest BCUT2D eigenvalue weighted by Crippen LogP contribution is -1.87. The Morgan fingerprint density at radius 1 is 1.50 bits per heavy atom. The number of rotatable bonds is 2. The van der Waals surface area contributed by atoms with Gasteiger partial charge in [0, 0.05) is 17.7 Å². The second-order valence-corrected chi connectivity index (χ2v) is 2.40. The van der Waals surface area contributed by atoms with Gasteiger partial charge in [-0.1, -0.05) is 23.7 Å². The molecule has 0 radical (unpaired) electrons. The molecule has 0 amide bonds. The minimum atomic E-state index is -0.439. The van der Waals surface area contributed by atoms with Gasteiger partial charge in [0.1, 0.15) is 0 Å². The van der Waals surface area contributed by atoms with Crippen molar-refractivity contribution in [2.24, 2.45) is 0 Å². The van der Waals surface area contributed by atoms with Crippen LogP contribution < -0.4 is 0 Å². The van der Waals surface area contributed by atoms with Crippen LogP contribution in [0.25, 0.3) is 6.08 Å². The molecule has 1 aromatic rings. The number of hydrogen-bond donors (Lipinski definition) is 0. The molecule has 1 aromatic carbocycles. The van der Waals surface area contributed by atoms with Gasteiger partial charge in [-0.15, -0.1) is 0 Å². The summed E-state index contributed by atoms with van der Waals surface area (Å²) in [6.45, 7) is 0. The van der Waals surface area contributed by atoms with Crippen LogP contribution in [0.15, 0.2) is 29.8 Å². The number of nitro groups is 1. The van der Waals surface area contributed by atoms with Crippen molar-refractivity contribution in [2.75, 3.05) is 0 Å². The first-order valence-electron chi connectivity index (χ1n) is 3.25. The smallest absolute Gasteiger partial charge is 0.258 e. The van der Waals surface area contributed by atoms with Gasteiger partial charge in [-0.3, -0.25) is 10.1 Å². The van der Waals surface area contributed by atoms with Crippen LogP contribution in [0.4, 0.5) is 5.69 Å². The van der Waals surface area contributed by atoms with Gasteiger partial charge in [0.15, 0.2) is 0 Å². The molecule has 0 bridgehead atoms. The molecular formula is C8H6ClNO2. The lowest BCUT2D eigenvalue weighted by molar-refractivity contribution is -0.384. The highest BCUT2D eigenvalue weighted by Gasteiger charge is 2.02. The Kier molecular flexibility index (Phi) is 2.82. The molecule has 12 heavy (non-hydrogen) atoms. The summed E-state index contributed by atoms with van der Waals surface area (Å²) in [5.74, 6) is 0. The van der Waals surface area contributed by atoms with Crippen LogP contribution in [0.2, 0.25) is 0 Å². The highest BCUT2D eigenvalue weighted by molar-refractivity contribution is 6.27. The van der Waals surface area contributed by atoms with Crippen molar-refractivity contribution in [3.63, 3.8) is 0 Å². The Labute approximate surface area is 74.4 Å². The van der Waals surface area contributed by atoms with E-state index in [0.29, 0.717) is 0 Å². The van der Waals surface area contributed by atoms with Crippen molar-refractivity contribution in [2.45, 2.75) is 0 Å². The van der Waals surface area contributed by atoms with E-state index < -0.39 is 4.92 Å². The van der Waals surface area contributed by atoms with E-state index in [2.05, 4.69) is 0 Å².